The minimum absolute atomic E-state index is 0.0138. The molecule has 11 nitrogen and oxygen atoms in total. The first-order valence-corrected chi connectivity index (χ1v) is 14.8. The number of fused-ring (bicyclic) bond motifs is 1. The van der Waals surface area contributed by atoms with Crippen LogP contribution in [0.15, 0.2) is 64.7 Å². The number of hydrogen-bond acceptors (Lipinski definition) is 8. The molecule has 0 amide bonds. The third-order valence-electron chi connectivity index (χ3n) is 8.09. The fourth-order valence-electron chi connectivity index (χ4n) is 5.23. The zero-order chi connectivity index (χ0) is 30.2. The summed E-state index contributed by atoms with van der Waals surface area (Å²) in [6.07, 6.45) is 8.74. The maximum Gasteiger partial charge on any atom is 0.354 e. The van der Waals surface area contributed by atoms with Gasteiger partial charge in [-0.05, 0) is 42.0 Å². The van der Waals surface area contributed by atoms with Gasteiger partial charge in [-0.2, -0.15) is 4.98 Å². The number of imidazole rings is 1. The first-order valence-electron chi connectivity index (χ1n) is 14.2. The highest BCUT2D eigenvalue weighted by atomic mass is 31.0. The molecule has 0 spiro atoms. The molecule has 0 radical (unpaired) electrons. The van der Waals surface area contributed by atoms with Crippen LogP contribution in [0, 0.1) is 11.8 Å². The first-order chi connectivity index (χ1) is 20.7. The molecule has 1 fully saturated rings. The summed E-state index contributed by atoms with van der Waals surface area (Å²) in [5.41, 5.74) is 3.60. The van der Waals surface area contributed by atoms with E-state index in [1.54, 1.807) is 24.5 Å². The molecule has 4 atom stereocenters. The topological polar surface area (TPSA) is 134 Å². The summed E-state index contributed by atoms with van der Waals surface area (Å²) >= 11 is 0. The predicted molar refractivity (Wildman–Crippen MR) is 168 cm³/mol. The lowest BCUT2D eigenvalue weighted by atomic mass is 9.77. The minimum atomic E-state index is -1.12. The number of carboxylic acid groups (broad SMARTS) is 1. The van der Waals surface area contributed by atoms with Gasteiger partial charge >= 0.3 is 5.97 Å². The van der Waals surface area contributed by atoms with Crippen molar-refractivity contribution in [3.05, 3.63) is 81.7 Å². The van der Waals surface area contributed by atoms with Crippen molar-refractivity contribution in [3.8, 4) is 17.3 Å². The largest absolute Gasteiger partial charge is 0.477 e. The zero-order valence-electron chi connectivity index (χ0n) is 24.2. The van der Waals surface area contributed by atoms with Crippen molar-refractivity contribution in [1.82, 2.24) is 29.1 Å². The van der Waals surface area contributed by atoms with Crippen LogP contribution in [0.1, 0.15) is 36.6 Å². The summed E-state index contributed by atoms with van der Waals surface area (Å²) < 4.78 is 15.1. The molecule has 0 aromatic carbocycles. The fourth-order valence-corrected chi connectivity index (χ4v) is 5.46. The number of ether oxygens (including phenoxy) is 2. The number of hydrogen-bond donors (Lipinski definition) is 1. The van der Waals surface area contributed by atoms with Crippen molar-refractivity contribution in [2.45, 2.75) is 39.5 Å². The molecule has 1 N–H and O–H groups in total. The third-order valence-corrected chi connectivity index (χ3v) is 8.49. The van der Waals surface area contributed by atoms with Crippen LogP contribution in [0.4, 0.5) is 0 Å². The predicted octanol–water partition coefficient (Wildman–Crippen LogP) is 2.19. The summed E-state index contributed by atoms with van der Waals surface area (Å²) in [6.45, 7) is 6.13. The van der Waals surface area contributed by atoms with Gasteiger partial charge in [0.2, 0.25) is 5.88 Å². The van der Waals surface area contributed by atoms with Gasteiger partial charge < -0.3 is 23.7 Å². The average molecular weight is 598 g/mol. The lowest BCUT2D eigenvalue weighted by molar-refractivity contribution is -0.0591. The Morgan fingerprint density at radius 2 is 1.98 bits per heavy atom. The monoisotopic (exact) mass is 598 g/mol. The standard InChI is InChI=1S/C30H32BN6O5P/c1-16-9-19(21(31)10-17(16)2)15-42-29-24(43)12-32-27(35-29)18-5-7-36(26(38)11-18)14-25-33-22-3-4-23(30(39)40)34-28(22)37(25)13-20-6-8-41-20/h3-5,7,9-12,16-17,20H,6,8,13-15,31,43H2,1-2H3,(H,39,40). The number of rotatable bonds is 9. The summed E-state index contributed by atoms with van der Waals surface area (Å²) in [4.78, 5) is 42.8. The van der Waals surface area contributed by atoms with Crippen LogP contribution in [-0.4, -0.2) is 67.3 Å². The molecular formula is C30H32BN6O5P. The van der Waals surface area contributed by atoms with Gasteiger partial charge in [-0.3, -0.25) is 4.79 Å². The highest BCUT2D eigenvalue weighted by molar-refractivity contribution is 7.27. The maximum atomic E-state index is 13.3. The first kappa shape index (κ1) is 29.0. The highest BCUT2D eigenvalue weighted by Crippen LogP contribution is 2.27. The van der Waals surface area contributed by atoms with E-state index in [0.717, 1.165) is 17.3 Å². The molecule has 2 aliphatic rings. The van der Waals surface area contributed by atoms with Crippen LogP contribution >= 0.6 is 9.24 Å². The summed E-state index contributed by atoms with van der Waals surface area (Å²) in [5.74, 6) is 1.23. The molecule has 4 unspecified atom stereocenters. The van der Waals surface area contributed by atoms with Crippen molar-refractivity contribution >= 4 is 39.5 Å². The van der Waals surface area contributed by atoms with E-state index in [-0.39, 0.29) is 23.9 Å². The van der Waals surface area contributed by atoms with E-state index in [4.69, 9.17) is 9.47 Å². The Morgan fingerprint density at radius 3 is 2.70 bits per heavy atom. The van der Waals surface area contributed by atoms with Gasteiger partial charge in [-0.1, -0.05) is 40.7 Å². The van der Waals surface area contributed by atoms with Crippen LogP contribution in [-0.2, 0) is 17.8 Å². The molecule has 1 aliphatic carbocycles. The van der Waals surface area contributed by atoms with Crippen molar-refractivity contribution < 1.29 is 19.4 Å². The number of carbonyl (C=O) groups is 1. The fraction of sp³-hybridized carbons (Fsp3) is 0.333. The Bertz CT molecular complexity index is 1850. The molecule has 6 rings (SSSR count). The molecule has 1 aliphatic heterocycles. The molecule has 4 aromatic heterocycles. The third kappa shape index (κ3) is 6.03. The van der Waals surface area contributed by atoms with E-state index >= 15 is 0 Å². The molecule has 0 saturated carbocycles. The van der Waals surface area contributed by atoms with Gasteiger partial charge in [0.1, 0.15) is 25.8 Å². The highest BCUT2D eigenvalue weighted by Gasteiger charge is 2.24. The van der Waals surface area contributed by atoms with Gasteiger partial charge in [-0.25, -0.2) is 19.7 Å². The van der Waals surface area contributed by atoms with Crippen molar-refractivity contribution in [2.24, 2.45) is 11.8 Å². The Balaban J connectivity index is 1.24. The molecular weight excluding hydrogens is 566 g/mol. The number of aromatic nitrogens is 6. The summed E-state index contributed by atoms with van der Waals surface area (Å²) in [7, 11) is 4.70. The Labute approximate surface area is 251 Å². The summed E-state index contributed by atoms with van der Waals surface area (Å²) in [6, 6.07) is 6.33. The quantitative estimate of drug-likeness (QED) is 0.227. The van der Waals surface area contributed by atoms with Crippen molar-refractivity contribution in [3.63, 3.8) is 0 Å². The molecule has 4 aromatic rings. The zero-order valence-corrected chi connectivity index (χ0v) is 25.4. The van der Waals surface area contributed by atoms with E-state index in [2.05, 4.69) is 63.0 Å². The Morgan fingerprint density at radius 1 is 1.19 bits per heavy atom. The van der Waals surface area contributed by atoms with E-state index in [9.17, 15) is 14.7 Å². The number of carboxylic acids is 1. The van der Waals surface area contributed by atoms with Crippen LogP contribution in [0.5, 0.6) is 5.88 Å². The lowest BCUT2D eigenvalue weighted by Crippen LogP contribution is -2.32. The van der Waals surface area contributed by atoms with Crippen molar-refractivity contribution in [2.75, 3.05) is 13.2 Å². The van der Waals surface area contributed by atoms with Crippen LogP contribution < -0.4 is 15.6 Å². The van der Waals surface area contributed by atoms with Crippen molar-refractivity contribution in [1.29, 1.82) is 0 Å². The molecule has 43 heavy (non-hydrogen) atoms. The molecule has 13 heteroatoms. The van der Waals surface area contributed by atoms with Crippen LogP contribution in [0.3, 0.4) is 0 Å². The number of nitrogens with zero attached hydrogens (tertiary/aromatic N) is 6. The number of pyridine rings is 2. The maximum absolute atomic E-state index is 13.3. The van der Waals surface area contributed by atoms with E-state index < -0.39 is 5.97 Å². The Kier molecular flexibility index (Phi) is 7.98. The van der Waals surface area contributed by atoms with E-state index in [1.807, 2.05) is 4.57 Å². The lowest BCUT2D eigenvalue weighted by Gasteiger charge is -2.27. The molecule has 0 bridgehead atoms. The summed E-state index contributed by atoms with van der Waals surface area (Å²) in [5, 5.41) is 10.2. The SMILES string of the molecule is BC1=CC(C)C(C)C=C1COc1nc(-c2ccn(Cc3nc4ccc(C(=O)O)nc4n3CC3CCO3)c(=O)c2)ncc1P. The smallest absolute Gasteiger partial charge is 0.354 e. The number of allylic oxidation sites excluding steroid dienone is 2. The number of aromatic carboxylic acids is 1. The second kappa shape index (κ2) is 11.9. The van der Waals surface area contributed by atoms with Gasteiger partial charge in [0.15, 0.2) is 17.2 Å². The molecule has 5 heterocycles. The second-order valence-electron chi connectivity index (χ2n) is 11.1. The van der Waals surface area contributed by atoms with Gasteiger partial charge in [0.25, 0.3) is 5.56 Å². The van der Waals surface area contributed by atoms with E-state index in [0.29, 0.717) is 65.9 Å². The van der Waals surface area contributed by atoms with Gasteiger partial charge in [0.05, 0.1) is 19.2 Å². The van der Waals surface area contributed by atoms with Gasteiger partial charge in [0, 0.05) is 35.9 Å². The Hall–Kier alpha value is -4.15. The van der Waals surface area contributed by atoms with Crippen LogP contribution in [0.25, 0.3) is 22.6 Å². The van der Waals surface area contributed by atoms with Gasteiger partial charge in [-0.15, -0.1) is 0 Å². The molecule has 220 valence electrons. The van der Waals surface area contributed by atoms with E-state index in [1.165, 1.54) is 22.2 Å². The normalized spacial score (nSPS) is 19.9. The molecule has 1 saturated heterocycles. The minimum Gasteiger partial charge on any atom is -0.477 e. The average Bonchev–Trinajstić information content (AvgIpc) is 3.29. The van der Waals surface area contributed by atoms with Crippen LogP contribution in [0.2, 0.25) is 0 Å². The second-order valence-corrected chi connectivity index (χ2v) is 11.8.